The highest BCUT2D eigenvalue weighted by atomic mass is 79.9. The van der Waals surface area contributed by atoms with Gasteiger partial charge >= 0.3 is 0 Å². The van der Waals surface area contributed by atoms with Crippen molar-refractivity contribution >= 4 is 28.1 Å². The van der Waals surface area contributed by atoms with Crippen LogP contribution < -0.4 is 0 Å². The highest BCUT2D eigenvalue weighted by Gasteiger charge is 2.14. The summed E-state index contributed by atoms with van der Waals surface area (Å²) in [5, 5.41) is 6.89. The third kappa shape index (κ3) is 2.32. The van der Waals surface area contributed by atoms with Gasteiger partial charge in [0.15, 0.2) is 10.6 Å². The number of H-pyrrole nitrogens is 1. The first kappa shape index (κ1) is 12.4. The number of aromatic nitrogens is 3. The lowest BCUT2D eigenvalue weighted by Crippen LogP contribution is -2.03. The van der Waals surface area contributed by atoms with Crippen molar-refractivity contribution in [1.29, 1.82) is 0 Å². The van der Waals surface area contributed by atoms with Crippen LogP contribution in [-0.4, -0.2) is 14.8 Å². The van der Waals surface area contributed by atoms with Gasteiger partial charge in [0.2, 0.25) is 0 Å². The molecule has 0 unspecified atom stereocenters. The molecule has 2 aromatic rings. The van der Waals surface area contributed by atoms with Crippen molar-refractivity contribution in [1.82, 2.24) is 14.8 Å². The summed E-state index contributed by atoms with van der Waals surface area (Å²) in [6, 6.07) is 4.65. The lowest BCUT2D eigenvalue weighted by atomic mass is 10.2. The normalized spacial score (nSPS) is 11.1. The molecule has 0 saturated carbocycles. The highest BCUT2D eigenvalue weighted by Crippen LogP contribution is 2.29. The van der Waals surface area contributed by atoms with E-state index in [4.69, 9.17) is 12.2 Å². The molecule has 0 bridgehead atoms. The van der Waals surface area contributed by atoms with Crippen LogP contribution in [0.25, 0.3) is 11.4 Å². The van der Waals surface area contributed by atoms with Crippen molar-refractivity contribution in [2.24, 2.45) is 0 Å². The van der Waals surface area contributed by atoms with Gasteiger partial charge in [0.1, 0.15) is 5.82 Å². The van der Waals surface area contributed by atoms with E-state index < -0.39 is 0 Å². The molecular weight excluding hydrogens is 305 g/mol. The Bertz CT molecular complexity index is 603. The molecule has 6 heteroatoms. The SMILES string of the molecule is CC(C)n1c(-c2cc(F)ccc2Br)n[nH]c1=S. The average Bonchev–Trinajstić information content (AvgIpc) is 2.64. The smallest absolute Gasteiger partial charge is 0.195 e. The van der Waals surface area contributed by atoms with E-state index in [1.165, 1.54) is 12.1 Å². The first-order valence-corrected chi connectivity index (χ1v) is 6.33. The number of halogens is 2. The molecule has 0 spiro atoms. The number of benzene rings is 1. The van der Waals surface area contributed by atoms with Crippen LogP contribution in [0.4, 0.5) is 4.39 Å². The summed E-state index contributed by atoms with van der Waals surface area (Å²) in [4.78, 5) is 0. The van der Waals surface area contributed by atoms with E-state index in [-0.39, 0.29) is 11.9 Å². The van der Waals surface area contributed by atoms with E-state index in [0.717, 1.165) is 4.47 Å². The summed E-state index contributed by atoms with van der Waals surface area (Å²) in [5.74, 6) is 0.337. The van der Waals surface area contributed by atoms with Crippen LogP contribution in [0, 0.1) is 10.6 Å². The van der Waals surface area contributed by atoms with Crippen molar-refractivity contribution < 1.29 is 4.39 Å². The molecule has 1 heterocycles. The average molecular weight is 316 g/mol. The van der Waals surface area contributed by atoms with Gasteiger partial charge in [-0.2, -0.15) is 5.10 Å². The molecule has 0 atom stereocenters. The summed E-state index contributed by atoms with van der Waals surface area (Å²) in [6.07, 6.45) is 0. The van der Waals surface area contributed by atoms with Crippen LogP contribution in [0.15, 0.2) is 22.7 Å². The maximum Gasteiger partial charge on any atom is 0.195 e. The molecule has 1 aromatic heterocycles. The molecule has 3 nitrogen and oxygen atoms in total. The van der Waals surface area contributed by atoms with Gasteiger partial charge in [0, 0.05) is 16.1 Å². The second-order valence-corrected chi connectivity index (χ2v) is 5.18. The predicted molar refractivity (Wildman–Crippen MR) is 70.9 cm³/mol. The molecule has 0 fully saturated rings. The molecule has 0 aliphatic heterocycles. The summed E-state index contributed by atoms with van der Waals surface area (Å²) in [5.41, 5.74) is 0.686. The first-order chi connectivity index (χ1) is 8.00. The molecule has 90 valence electrons. The summed E-state index contributed by atoms with van der Waals surface area (Å²) >= 11 is 8.55. The van der Waals surface area contributed by atoms with E-state index in [9.17, 15) is 4.39 Å². The minimum absolute atomic E-state index is 0.159. The fraction of sp³-hybridized carbons (Fsp3) is 0.273. The van der Waals surface area contributed by atoms with Gasteiger partial charge in [0.05, 0.1) is 0 Å². The van der Waals surface area contributed by atoms with Crippen molar-refractivity contribution in [2.75, 3.05) is 0 Å². The van der Waals surface area contributed by atoms with E-state index >= 15 is 0 Å². The number of rotatable bonds is 2. The Morgan fingerprint density at radius 1 is 1.47 bits per heavy atom. The lowest BCUT2D eigenvalue weighted by Gasteiger charge is -2.11. The van der Waals surface area contributed by atoms with Crippen molar-refractivity contribution in [3.05, 3.63) is 33.3 Å². The molecule has 0 aliphatic rings. The van der Waals surface area contributed by atoms with Gasteiger partial charge in [-0.05, 0) is 44.3 Å². The summed E-state index contributed by atoms with van der Waals surface area (Å²) < 4.78 is 16.5. The topological polar surface area (TPSA) is 33.6 Å². The number of nitrogens with one attached hydrogen (secondary N) is 1. The third-order valence-corrected chi connectivity index (χ3v) is 3.37. The molecule has 1 N–H and O–H groups in total. The summed E-state index contributed by atoms with van der Waals surface area (Å²) in [6.45, 7) is 4.00. The molecule has 0 saturated heterocycles. The van der Waals surface area contributed by atoms with Crippen molar-refractivity contribution in [2.45, 2.75) is 19.9 Å². The molecule has 0 aliphatic carbocycles. The Balaban J connectivity index is 2.69. The van der Waals surface area contributed by atoms with Crippen molar-refractivity contribution in [3.8, 4) is 11.4 Å². The minimum atomic E-state index is -0.299. The van der Waals surface area contributed by atoms with Crippen LogP contribution in [0.5, 0.6) is 0 Å². The van der Waals surface area contributed by atoms with Crippen LogP contribution >= 0.6 is 28.1 Å². The summed E-state index contributed by atoms with van der Waals surface area (Å²) in [7, 11) is 0. The standard InChI is InChI=1S/C11H11BrFN3S/c1-6(2)16-10(14-15-11(16)17)8-5-7(13)3-4-9(8)12/h3-6H,1-2H3,(H,15,17). The zero-order valence-corrected chi connectivity index (χ0v) is 11.8. The Labute approximate surface area is 112 Å². The number of aromatic amines is 1. The maximum atomic E-state index is 13.3. The second-order valence-electron chi connectivity index (χ2n) is 3.94. The van der Waals surface area contributed by atoms with Gasteiger partial charge in [-0.15, -0.1) is 0 Å². The first-order valence-electron chi connectivity index (χ1n) is 5.13. The molecule has 1 aromatic carbocycles. The van der Waals surface area contributed by atoms with E-state index in [1.807, 2.05) is 18.4 Å². The minimum Gasteiger partial charge on any atom is -0.298 e. The second kappa shape index (κ2) is 4.70. The lowest BCUT2D eigenvalue weighted by molar-refractivity contribution is 0.595. The predicted octanol–water partition coefficient (Wildman–Crippen LogP) is 4.09. The zero-order chi connectivity index (χ0) is 12.6. The van der Waals surface area contributed by atoms with Crippen LogP contribution in [0.3, 0.4) is 0 Å². The van der Waals surface area contributed by atoms with Gasteiger partial charge in [-0.25, -0.2) is 4.39 Å². The van der Waals surface area contributed by atoms with Crippen LogP contribution in [0.1, 0.15) is 19.9 Å². The Morgan fingerprint density at radius 3 is 2.82 bits per heavy atom. The zero-order valence-electron chi connectivity index (χ0n) is 9.37. The molecule has 17 heavy (non-hydrogen) atoms. The number of hydrogen-bond acceptors (Lipinski definition) is 2. The van der Waals surface area contributed by atoms with Crippen LogP contribution in [-0.2, 0) is 0 Å². The number of hydrogen-bond donors (Lipinski definition) is 1. The van der Waals surface area contributed by atoms with Crippen LogP contribution in [0.2, 0.25) is 0 Å². The third-order valence-electron chi connectivity index (χ3n) is 2.39. The van der Waals surface area contributed by atoms with Gasteiger partial charge < -0.3 is 0 Å². The van der Waals surface area contributed by atoms with Crippen molar-refractivity contribution in [3.63, 3.8) is 0 Å². The van der Waals surface area contributed by atoms with Gasteiger partial charge in [-0.1, -0.05) is 15.9 Å². The largest absolute Gasteiger partial charge is 0.298 e. The Morgan fingerprint density at radius 2 is 2.18 bits per heavy atom. The molecule has 2 rings (SSSR count). The Hall–Kier alpha value is -1.01. The maximum absolute atomic E-state index is 13.3. The highest BCUT2D eigenvalue weighted by molar-refractivity contribution is 9.10. The molecular formula is C11H11BrFN3S. The van der Waals surface area contributed by atoms with Gasteiger partial charge in [0.25, 0.3) is 0 Å². The number of nitrogens with zero attached hydrogens (tertiary/aromatic N) is 2. The molecule has 0 amide bonds. The molecule has 0 radical (unpaired) electrons. The quantitative estimate of drug-likeness (QED) is 0.847. The van der Waals surface area contributed by atoms with E-state index in [0.29, 0.717) is 16.2 Å². The fourth-order valence-electron chi connectivity index (χ4n) is 1.64. The van der Waals surface area contributed by atoms with Gasteiger partial charge in [-0.3, -0.25) is 9.67 Å². The monoisotopic (exact) mass is 315 g/mol. The fourth-order valence-corrected chi connectivity index (χ4v) is 2.41. The van der Waals surface area contributed by atoms with E-state index in [2.05, 4.69) is 26.1 Å². The van der Waals surface area contributed by atoms with E-state index in [1.54, 1.807) is 6.07 Å². The Kier molecular flexibility index (Phi) is 3.44.